The molecule has 0 bridgehead atoms. The molecule has 0 saturated heterocycles. The molecule has 0 spiro atoms. The van der Waals surface area contributed by atoms with Gasteiger partial charge in [-0.1, -0.05) is 40.0 Å². The quantitative estimate of drug-likeness (QED) is 0.748. The summed E-state index contributed by atoms with van der Waals surface area (Å²) in [6, 6.07) is 1.99. The molecule has 1 N–H and O–H groups in total. The Morgan fingerprint density at radius 2 is 1.94 bits per heavy atom. The van der Waals surface area contributed by atoms with Crippen LogP contribution in [-0.2, 0) is 6.42 Å². The van der Waals surface area contributed by atoms with Gasteiger partial charge < -0.3 is 5.32 Å². The van der Waals surface area contributed by atoms with Crippen LogP contribution in [-0.4, -0.2) is 17.0 Å². The van der Waals surface area contributed by atoms with E-state index >= 15 is 0 Å². The molecule has 0 aliphatic carbocycles. The third-order valence-corrected chi connectivity index (χ3v) is 2.22. The number of nitrogens with one attached hydrogen (secondary N) is 1. The predicted octanol–water partition coefficient (Wildman–Crippen LogP) is 3.67. The Balaban J connectivity index is 0.00000106. The SMILES string of the molecule is CC.CCCCCCc1ccnc(NC)n1. The highest BCUT2D eigenvalue weighted by molar-refractivity contribution is 5.23. The average Bonchev–Trinajstić information content (AvgIpc) is 2.37. The van der Waals surface area contributed by atoms with Crippen LogP contribution in [0.25, 0.3) is 0 Å². The molecule has 16 heavy (non-hydrogen) atoms. The van der Waals surface area contributed by atoms with Gasteiger partial charge in [0.25, 0.3) is 0 Å². The molecule has 1 heterocycles. The van der Waals surface area contributed by atoms with Crippen LogP contribution in [0.15, 0.2) is 12.3 Å². The van der Waals surface area contributed by atoms with E-state index < -0.39 is 0 Å². The second kappa shape index (κ2) is 10.4. The van der Waals surface area contributed by atoms with Crippen molar-refractivity contribution in [3.05, 3.63) is 18.0 Å². The van der Waals surface area contributed by atoms with Gasteiger partial charge in [-0.15, -0.1) is 0 Å². The van der Waals surface area contributed by atoms with E-state index in [1.165, 1.54) is 25.7 Å². The van der Waals surface area contributed by atoms with E-state index in [0.29, 0.717) is 0 Å². The molecule has 0 radical (unpaired) electrons. The van der Waals surface area contributed by atoms with E-state index in [1.807, 2.05) is 33.2 Å². The Hall–Kier alpha value is -1.12. The van der Waals surface area contributed by atoms with Crippen LogP contribution in [0.3, 0.4) is 0 Å². The van der Waals surface area contributed by atoms with Gasteiger partial charge in [0.05, 0.1) is 0 Å². The summed E-state index contributed by atoms with van der Waals surface area (Å²) in [4.78, 5) is 8.45. The molecule has 92 valence electrons. The van der Waals surface area contributed by atoms with Crippen molar-refractivity contribution in [2.45, 2.75) is 52.9 Å². The van der Waals surface area contributed by atoms with Crippen molar-refractivity contribution in [3.8, 4) is 0 Å². The summed E-state index contributed by atoms with van der Waals surface area (Å²) in [7, 11) is 1.84. The van der Waals surface area contributed by atoms with Crippen molar-refractivity contribution in [1.82, 2.24) is 9.97 Å². The molecular formula is C13H25N3. The van der Waals surface area contributed by atoms with Crippen LogP contribution < -0.4 is 5.32 Å². The highest BCUT2D eigenvalue weighted by atomic mass is 15.1. The van der Waals surface area contributed by atoms with Crippen LogP contribution in [0.1, 0.15) is 52.1 Å². The third-order valence-electron chi connectivity index (χ3n) is 2.22. The third kappa shape index (κ3) is 6.38. The van der Waals surface area contributed by atoms with Gasteiger partial charge in [0.2, 0.25) is 5.95 Å². The fraction of sp³-hybridized carbons (Fsp3) is 0.692. The van der Waals surface area contributed by atoms with Gasteiger partial charge in [0.15, 0.2) is 0 Å². The molecule has 1 rings (SSSR count). The minimum absolute atomic E-state index is 0.720. The lowest BCUT2D eigenvalue weighted by molar-refractivity contribution is 0.660. The lowest BCUT2D eigenvalue weighted by atomic mass is 10.1. The van der Waals surface area contributed by atoms with Crippen molar-refractivity contribution >= 4 is 5.95 Å². The molecular weight excluding hydrogens is 198 g/mol. The van der Waals surface area contributed by atoms with E-state index in [9.17, 15) is 0 Å². The summed E-state index contributed by atoms with van der Waals surface area (Å²) < 4.78 is 0. The monoisotopic (exact) mass is 223 g/mol. The molecule has 0 aromatic carbocycles. The summed E-state index contributed by atoms with van der Waals surface area (Å²) in [6.45, 7) is 6.23. The number of rotatable bonds is 6. The van der Waals surface area contributed by atoms with Crippen molar-refractivity contribution in [3.63, 3.8) is 0 Å². The van der Waals surface area contributed by atoms with Crippen LogP contribution in [0.5, 0.6) is 0 Å². The Kier molecular flexibility index (Phi) is 9.67. The van der Waals surface area contributed by atoms with Gasteiger partial charge in [0, 0.05) is 18.9 Å². The number of hydrogen-bond acceptors (Lipinski definition) is 3. The number of hydrogen-bond donors (Lipinski definition) is 1. The lowest BCUT2D eigenvalue weighted by Gasteiger charge is -2.02. The van der Waals surface area contributed by atoms with Crippen LogP contribution in [0.4, 0.5) is 5.95 Å². The molecule has 0 aliphatic rings. The predicted molar refractivity (Wildman–Crippen MR) is 70.8 cm³/mol. The Bertz CT molecular complexity index is 261. The number of anilines is 1. The Labute approximate surface area is 99.7 Å². The molecule has 3 heteroatoms. The molecule has 0 unspecified atom stereocenters. The minimum atomic E-state index is 0.720. The molecule has 0 atom stereocenters. The van der Waals surface area contributed by atoms with Crippen LogP contribution in [0.2, 0.25) is 0 Å². The summed E-state index contributed by atoms with van der Waals surface area (Å²) >= 11 is 0. The second-order valence-electron chi connectivity index (χ2n) is 3.43. The molecule has 0 aliphatic heterocycles. The van der Waals surface area contributed by atoms with Gasteiger partial charge in [0.1, 0.15) is 0 Å². The van der Waals surface area contributed by atoms with Gasteiger partial charge in [-0.05, 0) is 18.9 Å². The topological polar surface area (TPSA) is 37.8 Å². The molecule has 1 aromatic rings. The number of aryl methyl sites for hydroxylation is 1. The van der Waals surface area contributed by atoms with Crippen molar-refractivity contribution in [1.29, 1.82) is 0 Å². The molecule has 0 fully saturated rings. The summed E-state index contributed by atoms with van der Waals surface area (Å²) in [5, 5.41) is 2.95. The zero-order chi connectivity index (χ0) is 12.2. The van der Waals surface area contributed by atoms with E-state index in [-0.39, 0.29) is 0 Å². The highest BCUT2D eigenvalue weighted by Crippen LogP contribution is 2.06. The lowest BCUT2D eigenvalue weighted by Crippen LogP contribution is -1.99. The molecule has 1 aromatic heterocycles. The van der Waals surface area contributed by atoms with Crippen LogP contribution in [0, 0.1) is 0 Å². The van der Waals surface area contributed by atoms with Gasteiger partial charge >= 0.3 is 0 Å². The largest absolute Gasteiger partial charge is 0.357 e. The first-order valence-electron chi connectivity index (χ1n) is 6.36. The maximum Gasteiger partial charge on any atom is 0.222 e. The number of unbranched alkanes of at least 4 members (excludes halogenated alkanes) is 3. The smallest absolute Gasteiger partial charge is 0.222 e. The van der Waals surface area contributed by atoms with Crippen molar-refractivity contribution in [2.24, 2.45) is 0 Å². The number of aromatic nitrogens is 2. The normalized spacial score (nSPS) is 9.25. The molecule has 0 amide bonds. The van der Waals surface area contributed by atoms with E-state index in [0.717, 1.165) is 18.1 Å². The Morgan fingerprint density at radius 3 is 2.56 bits per heavy atom. The molecule has 3 nitrogen and oxygen atoms in total. The van der Waals surface area contributed by atoms with Crippen LogP contribution >= 0.6 is 0 Å². The van der Waals surface area contributed by atoms with Crippen molar-refractivity contribution in [2.75, 3.05) is 12.4 Å². The first-order valence-corrected chi connectivity index (χ1v) is 6.36. The summed E-state index contributed by atoms with van der Waals surface area (Å²) in [5.41, 5.74) is 1.14. The first-order chi connectivity index (χ1) is 7.86. The average molecular weight is 223 g/mol. The summed E-state index contributed by atoms with van der Waals surface area (Å²) in [6.07, 6.45) is 8.02. The fourth-order valence-corrected chi connectivity index (χ4v) is 1.39. The van der Waals surface area contributed by atoms with Crippen molar-refractivity contribution < 1.29 is 0 Å². The fourth-order valence-electron chi connectivity index (χ4n) is 1.39. The van der Waals surface area contributed by atoms with E-state index in [1.54, 1.807) is 0 Å². The summed E-state index contributed by atoms with van der Waals surface area (Å²) in [5.74, 6) is 0.720. The maximum atomic E-state index is 4.37. The minimum Gasteiger partial charge on any atom is -0.357 e. The first kappa shape index (κ1) is 14.9. The van der Waals surface area contributed by atoms with Gasteiger partial charge in [-0.2, -0.15) is 0 Å². The maximum absolute atomic E-state index is 4.37. The van der Waals surface area contributed by atoms with Gasteiger partial charge in [-0.3, -0.25) is 0 Å². The zero-order valence-corrected chi connectivity index (χ0v) is 11.1. The molecule has 0 saturated carbocycles. The van der Waals surface area contributed by atoms with E-state index in [4.69, 9.17) is 0 Å². The highest BCUT2D eigenvalue weighted by Gasteiger charge is 1.96. The zero-order valence-electron chi connectivity index (χ0n) is 11.1. The van der Waals surface area contributed by atoms with E-state index in [2.05, 4.69) is 22.2 Å². The standard InChI is InChI=1S/C11H19N3.C2H6/c1-3-4-5-6-7-10-8-9-13-11(12-2)14-10;1-2/h8-9H,3-7H2,1-2H3,(H,12,13,14);1-2H3. The second-order valence-corrected chi connectivity index (χ2v) is 3.43. The number of nitrogens with zero attached hydrogens (tertiary/aromatic N) is 2. The van der Waals surface area contributed by atoms with Gasteiger partial charge in [-0.25, -0.2) is 9.97 Å². The Morgan fingerprint density at radius 1 is 1.19 bits per heavy atom.